The first kappa shape index (κ1) is 10.1. The third-order valence-electron chi connectivity index (χ3n) is 3.28. The fourth-order valence-electron chi connectivity index (χ4n) is 2.43. The van der Waals surface area contributed by atoms with E-state index in [0.29, 0.717) is 11.8 Å². The number of hydrogen-bond donors (Lipinski definition) is 1. The third kappa shape index (κ3) is 2.79. The van der Waals surface area contributed by atoms with Gasteiger partial charge in [0.15, 0.2) is 0 Å². The molecule has 14 heavy (non-hydrogen) atoms. The van der Waals surface area contributed by atoms with Crippen LogP contribution in [0.4, 0.5) is 0 Å². The lowest BCUT2D eigenvalue weighted by Crippen LogP contribution is -2.38. The predicted molar refractivity (Wildman–Crippen MR) is 56.3 cm³/mol. The maximum absolute atomic E-state index is 11.2. The highest BCUT2D eigenvalue weighted by Crippen LogP contribution is 2.11. The Hall–Kier alpha value is -0.410. The van der Waals surface area contributed by atoms with Crippen LogP contribution in [-0.2, 0) is 4.79 Å². The van der Waals surface area contributed by atoms with Crippen molar-refractivity contribution in [2.45, 2.75) is 38.1 Å². The molecule has 80 valence electrons. The summed E-state index contributed by atoms with van der Waals surface area (Å²) < 4.78 is 0. The number of hydrogen-bond acceptors (Lipinski definition) is 3. The van der Waals surface area contributed by atoms with Crippen molar-refractivity contribution in [2.24, 2.45) is 0 Å². The van der Waals surface area contributed by atoms with E-state index in [4.69, 9.17) is 0 Å². The number of carbonyl (C=O) groups excluding carboxylic acids is 1. The normalized spacial score (nSPS) is 30.6. The van der Waals surface area contributed by atoms with Gasteiger partial charge in [0.05, 0.1) is 0 Å². The number of carbonyl (C=O) groups is 1. The van der Waals surface area contributed by atoms with Crippen LogP contribution < -0.4 is 5.32 Å². The van der Waals surface area contributed by atoms with Gasteiger partial charge in [-0.3, -0.25) is 4.79 Å². The van der Waals surface area contributed by atoms with Gasteiger partial charge in [0.2, 0.25) is 0 Å². The molecule has 3 heteroatoms. The molecule has 1 atom stereocenters. The molecule has 0 radical (unpaired) electrons. The summed E-state index contributed by atoms with van der Waals surface area (Å²) in [6.07, 6.45) is 5.26. The number of Topliss-reactive ketones (excluding diaryl/α,β-unsaturated/α-hetero) is 1. The van der Waals surface area contributed by atoms with E-state index < -0.39 is 0 Å². The predicted octanol–water partition coefficient (Wildman–Crippen LogP) is 0.793. The SMILES string of the molecule is O=C1CCCN(CC2CCCN2)CC1. The Labute approximate surface area is 85.8 Å². The van der Waals surface area contributed by atoms with Crippen molar-refractivity contribution in [1.29, 1.82) is 0 Å². The molecule has 0 amide bonds. The minimum absolute atomic E-state index is 0.451. The Morgan fingerprint density at radius 2 is 2.21 bits per heavy atom. The number of rotatable bonds is 2. The summed E-state index contributed by atoms with van der Waals surface area (Å²) in [5.74, 6) is 0.451. The molecule has 0 saturated carbocycles. The highest BCUT2D eigenvalue weighted by atomic mass is 16.1. The fraction of sp³-hybridized carbons (Fsp3) is 0.909. The zero-order valence-corrected chi connectivity index (χ0v) is 8.80. The number of nitrogens with one attached hydrogen (secondary N) is 1. The van der Waals surface area contributed by atoms with Crippen molar-refractivity contribution in [3.05, 3.63) is 0 Å². The van der Waals surface area contributed by atoms with Gasteiger partial charge >= 0.3 is 0 Å². The van der Waals surface area contributed by atoms with Crippen LogP contribution in [0.1, 0.15) is 32.1 Å². The Morgan fingerprint density at radius 1 is 1.29 bits per heavy atom. The van der Waals surface area contributed by atoms with E-state index in [0.717, 1.165) is 38.9 Å². The zero-order chi connectivity index (χ0) is 9.80. The lowest BCUT2D eigenvalue weighted by atomic mass is 10.2. The fourth-order valence-corrected chi connectivity index (χ4v) is 2.43. The summed E-state index contributed by atoms with van der Waals surface area (Å²) in [5, 5.41) is 3.51. The molecule has 2 aliphatic rings. The van der Waals surface area contributed by atoms with Crippen LogP contribution in [0.3, 0.4) is 0 Å². The van der Waals surface area contributed by atoms with Crippen molar-refractivity contribution in [3.63, 3.8) is 0 Å². The van der Waals surface area contributed by atoms with E-state index in [2.05, 4.69) is 10.2 Å². The molecule has 2 fully saturated rings. The molecule has 2 heterocycles. The minimum atomic E-state index is 0.451. The van der Waals surface area contributed by atoms with E-state index in [1.807, 2.05) is 0 Å². The molecule has 0 spiro atoms. The second kappa shape index (κ2) is 4.89. The van der Waals surface area contributed by atoms with Gasteiger partial charge in [0.25, 0.3) is 0 Å². The van der Waals surface area contributed by atoms with Gasteiger partial charge in [0, 0.05) is 32.0 Å². The van der Waals surface area contributed by atoms with Crippen LogP contribution in [0, 0.1) is 0 Å². The summed E-state index contributed by atoms with van der Waals surface area (Å²) >= 11 is 0. The number of ketones is 1. The average molecular weight is 196 g/mol. The summed E-state index contributed by atoms with van der Waals surface area (Å²) in [5.41, 5.74) is 0. The molecule has 2 saturated heterocycles. The first-order valence-electron chi connectivity index (χ1n) is 5.82. The van der Waals surface area contributed by atoms with Crippen LogP contribution in [0.5, 0.6) is 0 Å². The summed E-state index contributed by atoms with van der Waals surface area (Å²) in [4.78, 5) is 13.7. The van der Waals surface area contributed by atoms with Crippen molar-refractivity contribution in [1.82, 2.24) is 10.2 Å². The molecule has 2 rings (SSSR count). The molecule has 3 nitrogen and oxygen atoms in total. The van der Waals surface area contributed by atoms with Crippen LogP contribution in [-0.4, -0.2) is 42.9 Å². The molecule has 0 aliphatic carbocycles. The van der Waals surface area contributed by atoms with Crippen LogP contribution in [0.15, 0.2) is 0 Å². The van der Waals surface area contributed by atoms with Gasteiger partial charge in [0.1, 0.15) is 5.78 Å². The van der Waals surface area contributed by atoms with Crippen LogP contribution in [0.2, 0.25) is 0 Å². The van der Waals surface area contributed by atoms with Gasteiger partial charge in [-0.15, -0.1) is 0 Å². The largest absolute Gasteiger partial charge is 0.313 e. The van der Waals surface area contributed by atoms with E-state index >= 15 is 0 Å². The van der Waals surface area contributed by atoms with Crippen molar-refractivity contribution in [2.75, 3.05) is 26.2 Å². The summed E-state index contributed by atoms with van der Waals surface area (Å²) in [7, 11) is 0. The van der Waals surface area contributed by atoms with Gasteiger partial charge in [-0.2, -0.15) is 0 Å². The van der Waals surface area contributed by atoms with Gasteiger partial charge in [-0.05, 0) is 32.4 Å². The lowest BCUT2D eigenvalue weighted by Gasteiger charge is -2.23. The molecule has 0 aromatic carbocycles. The second-order valence-electron chi connectivity index (χ2n) is 4.49. The zero-order valence-electron chi connectivity index (χ0n) is 8.80. The van der Waals surface area contributed by atoms with Gasteiger partial charge < -0.3 is 10.2 Å². The highest BCUT2D eigenvalue weighted by Gasteiger charge is 2.20. The molecule has 1 N–H and O–H groups in total. The van der Waals surface area contributed by atoms with E-state index in [1.165, 1.54) is 19.4 Å². The topological polar surface area (TPSA) is 32.3 Å². The van der Waals surface area contributed by atoms with E-state index in [1.54, 1.807) is 0 Å². The first-order valence-corrected chi connectivity index (χ1v) is 5.82. The Bertz CT molecular complexity index is 199. The molecular formula is C11H20N2O. The minimum Gasteiger partial charge on any atom is -0.313 e. The van der Waals surface area contributed by atoms with E-state index in [-0.39, 0.29) is 0 Å². The Morgan fingerprint density at radius 3 is 3.00 bits per heavy atom. The molecule has 0 bridgehead atoms. The molecule has 0 aromatic rings. The molecular weight excluding hydrogens is 176 g/mol. The Balaban J connectivity index is 1.76. The van der Waals surface area contributed by atoms with Crippen LogP contribution >= 0.6 is 0 Å². The monoisotopic (exact) mass is 196 g/mol. The van der Waals surface area contributed by atoms with Crippen LogP contribution in [0.25, 0.3) is 0 Å². The highest BCUT2D eigenvalue weighted by molar-refractivity contribution is 5.78. The maximum Gasteiger partial charge on any atom is 0.134 e. The van der Waals surface area contributed by atoms with E-state index in [9.17, 15) is 4.79 Å². The van der Waals surface area contributed by atoms with Gasteiger partial charge in [-0.25, -0.2) is 0 Å². The molecule has 0 aromatic heterocycles. The Kier molecular flexibility index (Phi) is 3.54. The van der Waals surface area contributed by atoms with Crippen molar-refractivity contribution < 1.29 is 4.79 Å². The average Bonchev–Trinajstić information content (AvgIpc) is 2.58. The van der Waals surface area contributed by atoms with Crippen molar-refractivity contribution >= 4 is 5.78 Å². The second-order valence-corrected chi connectivity index (χ2v) is 4.49. The van der Waals surface area contributed by atoms with Crippen molar-refractivity contribution in [3.8, 4) is 0 Å². The smallest absolute Gasteiger partial charge is 0.134 e. The quantitative estimate of drug-likeness (QED) is 0.709. The van der Waals surface area contributed by atoms with Gasteiger partial charge in [-0.1, -0.05) is 0 Å². The first-order chi connectivity index (χ1) is 6.84. The third-order valence-corrected chi connectivity index (χ3v) is 3.28. The standard InChI is InChI=1S/C11H20N2O/c14-11-4-2-7-13(8-5-11)9-10-3-1-6-12-10/h10,12H,1-9H2. The number of nitrogens with zero attached hydrogens (tertiary/aromatic N) is 1. The summed E-state index contributed by atoms with van der Waals surface area (Å²) in [6, 6.07) is 0.684. The molecule has 1 unspecified atom stereocenters. The summed E-state index contributed by atoms with van der Waals surface area (Å²) in [6.45, 7) is 4.42. The number of likely N-dealkylation sites (tertiary alicyclic amines) is 1. The lowest BCUT2D eigenvalue weighted by molar-refractivity contribution is -0.118. The maximum atomic E-state index is 11.2. The molecule has 2 aliphatic heterocycles.